The zero-order valence-corrected chi connectivity index (χ0v) is 29.2. The Kier molecular flexibility index (Phi) is 7.55. The highest BCUT2D eigenvalue weighted by Crippen LogP contribution is 2.43. The smallest absolute Gasteiger partial charge is 0.0540 e. The van der Waals surface area contributed by atoms with Crippen molar-refractivity contribution in [3.63, 3.8) is 0 Å². The largest absolute Gasteiger partial charge is 0.310 e. The standard InChI is InChI=1S/C52H35N/c1-2-10-36(11-3-1)38-26-30-46(31-27-38)53(51-17-9-8-15-48(51)45-25-18-37-12-4-5-14-43(37)34-45)47-32-28-39(29-33-47)44-24-21-41-20-23-42-22-19-40-13-6-7-16-49(40)52(42)50(41)35-44/h1-35H. The minimum atomic E-state index is 1.10. The van der Waals surface area contributed by atoms with Crippen LogP contribution in [-0.2, 0) is 0 Å². The summed E-state index contributed by atoms with van der Waals surface area (Å²) in [5.41, 5.74) is 10.5. The highest BCUT2D eigenvalue weighted by molar-refractivity contribution is 6.20. The molecule has 0 N–H and O–H groups in total. The minimum absolute atomic E-state index is 1.10. The average Bonchev–Trinajstić information content (AvgIpc) is 3.24. The summed E-state index contributed by atoms with van der Waals surface area (Å²) in [6, 6.07) is 77.3. The molecule has 0 unspecified atom stereocenters. The third-order valence-corrected chi connectivity index (χ3v) is 10.6. The molecule has 0 spiro atoms. The highest BCUT2D eigenvalue weighted by Gasteiger charge is 2.18. The minimum Gasteiger partial charge on any atom is -0.310 e. The molecule has 53 heavy (non-hydrogen) atoms. The maximum absolute atomic E-state index is 2.39. The molecule has 0 atom stereocenters. The van der Waals surface area contributed by atoms with E-state index in [1.807, 2.05) is 0 Å². The Labute approximate surface area is 309 Å². The molecular weight excluding hydrogens is 639 g/mol. The fraction of sp³-hybridized carbons (Fsp3) is 0. The lowest BCUT2D eigenvalue weighted by atomic mass is 9.94. The molecule has 0 heterocycles. The van der Waals surface area contributed by atoms with Crippen molar-refractivity contribution in [2.45, 2.75) is 0 Å². The Morgan fingerprint density at radius 1 is 0.264 bits per heavy atom. The Balaban J connectivity index is 1.10. The zero-order valence-electron chi connectivity index (χ0n) is 29.2. The molecule has 0 bridgehead atoms. The molecule has 0 aliphatic carbocycles. The molecule has 248 valence electrons. The van der Waals surface area contributed by atoms with E-state index in [4.69, 9.17) is 0 Å². The van der Waals surface area contributed by atoms with Gasteiger partial charge in [0.1, 0.15) is 0 Å². The molecule has 0 radical (unpaired) electrons. The molecule has 0 fully saturated rings. The fourth-order valence-corrected chi connectivity index (χ4v) is 7.94. The number of fused-ring (bicyclic) bond motifs is 6. The summed E-state index contributed by atoms with van der Waals surface area (Å²) in [6.45, 7) is 0. The van der Waals surface area contributed by atoms with E-state index in [-0.39, 0.29) is 0 Å². The van der Waals surface area contributed by atoms with Crippen molar-refractivity contribution >= 4 is 60.2 Å². The molecular formula is C52H35N. The maximum atomic E-state index is 2.39. The van der Waals surface area contributed by atoms with Gasteiger partial charge in [0.15, 0.2) is 0 Å². The molecule has 10 rings (SSSR count). The first-order valence-corrected chi connectivity index (χ1v) is 18.3. The summed E-state index contributed by atoms with van der Waals surface area (Å²) in [6.07, 6.45) is 0. The maximum Gasteiger partial charge on any atom is 0.0540 e. The van der Waals surface area contributed by atoms with Crippen LogP contribution in [0.25, 0.3) is 76.5 Å². The molecule has 0 saturated carbocycles. The van der Waals surface area contributed by atoms with Gasteiger partial charge in [-0.15, -0.1) is 0 Å². The number of hydrogen-bond donors (Lipinski definition) is 0. The second-order valence-electron chi connectivity index (χ2n) is 13.8. The number of benzene rings is 10. The summed E-state index contributed by atoms with van der Waals surface area (Å²) in [5, 5.41) is 10.2. The van der Waals surface area contributed by atoms with Crippen LogP contribution >= 0.6 is 0 Å². The first-order valence-electron chi connectivity index (χ1n) is 18.3. The summed E-state index contributed by atoms with van der Waals surface area (Å²) in [4.78, 5) is 2.39. The molecule has 10 aromatic carbocycles. The Bertz CT molecular complexity index is 2920. The van der Waals surface area contributed by atoms with Gasteiger partial charge in [0.25, 0.3) is 0 Å². The van der Waals surface area contributed by atoms with Gasteiger partial charge < -0.3 is 4.90 Å². The van der Waals surface area contributed by atoms with Crippen molar-refractivity contribution in [2.24, 2.45) is 0 Å². The Morgan fingerprint density at radius 2 is 0.755 bits per heavy atom. The fourth-order valence-electron chi connectivity index (χ4n) is 7.94. The number of hydrogen-bond acceptors (Lipinski definition) is 1. The van der Waals surface area contributed by atoms with Crippen LogP contribution < -0.4 is 4.90 Å². The number of anilines is 3. The summed E-state index contributed by atoms with van der Waals surface area (Å²) in [7, 11) is 0. The van der Waals surface area contributed by atoms with Crippen molar-refractivity contribution in [2.75, 3.05) is 4.90 Å². The van der Waals surface area contributed by atoms with Crippen LogP contribution in [0.1, 0.15) is 0 Å². The van der Waals surface area contributed by atoms with Gasteiger partial charge in [-0.25, -0.2) is 0 Å². The number of rotatable bonds is 6. The predicted octanol–water partition coefficient (Wildman–Crippen LogP) is 14.8. The third-order valence-electron chi connectivity index (χ3n) is 10.6. The van der Waals surface area contributed by atoms with E-state index < -0.39 is 0 Å². The lowest BCUT2D eigenvalue weighted by Gasteiger charge is -2.28. The molecule has 0 aliphatic heterocycles. The topological polar surface area (TPSA) is 3.24 Å². The Morgan fingerprint density at radius 3 is 1.51 bits per heavy atom. The SMILES string of the molecule is c1ccc(-c2ccc(N(c3ccc(-c4ccc5ccc6ccc7ccccc7c6c5c4)cc3)c3ccccc3-c3ccc4ccccc4c3)cc2)cc1. The molecule has 1 heteroatoms. The van der Waals surface area contributed by atoms with Crippen LogP contribution in [0.5, 0.6) is 0 Å². The average molecular weight is 674 g/mol. The van der Waals surface area contributed by atoms with Crippen LogP contribution in [0.3, 0.4) is 0 Å². The summed E-state index contributed by atoms with van der Waals surface area (Å²) < 4.78 is 0. The van der Waals surface area contributed by atoms with E-state index >= 15 is 0 Å². The molecule has 0 amide bonds. The molecule has 0 aliphatic rings. The normalized spacial score (nSPS) is 11.4. The second-order valence-corrected chi connectivity index (χ2v) is 13.8. The van der Waals surface area contributed by atoms with E-state index in [1.54, 1.807) is 0 Å². The van der Waals surface area contributed by atoms with Crippen molar-refractivity contribution in [3.8, 4) is 33.4 Å². The molecule has 10 aromatic rings. The van der Waals surface area contributed by atoms with Crippen LogP contribution in [0.15, 0.2) is 212 Å². The van der Waals surface area contributed by atoms with Gasteiger partial charge in [-0.1, -0.05) is 170 Å². The summed E-state index contributed by atoms with van der Waals surface area (Å²) in [5.74, 6) is 0. The highest BCUT2D eigenvalue weighted by atomic mass is 15.1. The lowest BCUT2D eigenvalue weighted by Crippen LogP contribution is -2.11. The van der Waals surface area contributed by atoms with Crippen molar-refractivity contribution in [1.82, 2.24) is 0 Å². The first-order chi connectivity index (χ1) is 26.3. The molecule has 0 aromatic heterocycles. The van der Waals surface area contributed by atoms with Gasteiger partial charge in [0.2, 0.25) is 0 Å². The predicted molar refractivity (Wildman–Crippen MR) is 227 cm³/mol. The van der Waals surface area contributed by atoms with Crippen LogP contribution in [0, 0.1) is 0 Å². The van der Waals surface area contributed by atoms with E-state index in [9.17, 15) is 0 Å². The lowest BCUT2D eigenvalue weighted by molar-refractivity contribution is 1.28. The van der Waals surface area contributed by atoms with E-state index in [2.05, 4.69) is 217 Å². The van der Waals surface area contributed by atoms with Gasteiger partial charge in [-0.2, -0.15) is 0 Å². The van der Waals surface area contributed by atoms with Crippen molar-refractivity contribution in [3.05, 3.63) is 212 Å². The van der Waals surface area contributed by atoms with Crippen LogP contribution in [0.2, 0.25) is 0 Å². The van der Waals surface area contributed by atoms with E-state index in [1.165, 1.54) is 76.5 Å². The van der Waals surface area contributed by atoms with Gasteiger partial charge >= 0.3 is 0 Å². The van der Waals surface area contributed by atoms with Gasteiger partial charge in [0.05, 0.1) is 5.69 Å². The quantitative estimate of drug-likeness (QED) is 0.159. The molecule has 1 nitrogen and oxygen atoms in total. The van der Waals surface area contributed by atoms with E-state index in [0.717, 1.165) is 17.1 Å². The number of nitrogens with zero attached hydrogens (tertiary/aromatic N) is 1. The van der Waals surface area contributed by atoms with Crippen LogP contribution in [0.4, 0.5) is 17.1 Å². The first kappa shape index (κ1) is 30.8. The van der Waals surface area contributed by atoms with Gasteiger partial charge in [0, 0.05) is 16.9 Å². The zero-order chi connectivity index (χ0) is 35.1. The van der Waals surface area contributed by atoms with Crippen molar-refractivity contribution < 1.29 is 0 Å². The molecule has 0 saturated heterocycles. The Hall–Kier alpha value is -6.96. The monoisotopic (exact) mass is 673 g/mol. The van der Waals surface area contributed by atoms with Crippen LogP contribution in [-0.4, -0.2) is 0 Å². The number of para-hydroxylation sites is 1. The van der Waals surface area contributed by atoms with Crippen molar-refractivity contribution in [1.29, 1.82) is 0 Å². The third kappa shape index (κ3) is 5.60. The van der Waals surface area contributed by atoms with Gasteiger partial charge in [-0.3, -0.25) is 0 Å². The van der Waals surface area contributed by atoms with Gasteiger partial charge in [-0.05, 0) is 113 Å². The summed E-state index contributed by atoms with van der Waals surface area (Å²) >= 11 is 0. The van der Waals surface area contributed by atoms with E-state index in [0.29, 0.717) is 0 Å². The second kappa shape index (κ2) is 13.0.